The van der Waals surface area contributed by atoms with E-state index in [9.17, 15) is 4.79 Å². The van der Waals surface area contributed by atoms with Crippen LogP contribution in [-0.2, 0) is 11.8 Å². The minimum absolute atomic E-state index is 0.0107. The molecule has 2 N–H and O–H groups in total. The fourth-order valence-corrected chi connectivity index (χ4v) is 4.39. The van der Waals surface area contributed by atoms with Crippen molar-refractivity contribution in [1.29, 1.82) is 0 Å². The van der Waals surface area contributed by atoms with Crippen LogP contribution in [0.3, 0.4) is 0 Å². The smallest absolute Gasteiger partial charge is 0.360 e. The summed E-state index contributed by atoms with van der Waals surface area (Å²) in [5.74, 6) is 1.40. The Morgan fingerprint density at radius 1 is 1.00 bits per heavy atom. The summed E-state index contributed by atoms with van der Waals surface area (Å²) in [6.45, 7) is 3.61. The second kappa shape index (κ2) is 10.5. The van der Waals surface area contributed by atoms with Crippen molar-refractivity contribution in [3.8, 4) is 17.0 Å². The highest BCUT2D eigenvalue weighted by Crippen LogP contribution is 2.34. The van der Waals surface area contributed by atoms with Gasteiger partial charge in [-0.3, -0.25) is 4.98 Å². The van der Waals surface area contributed by atoms with Gasteiger partial charge in [-0.05, 0) is 7.05 Å². The molecule has 0 amide bonds. The Kier molecular flexibility index (Phi) is 6.92. The van der Waals surface area contributed by atoms with E-state index in [-0.39, 0.29) is 11.5 Å². The minimum Gasteiger partial charge on any atom is -0.493 e. The van der Waals surface area contributed by atoms with Crippen molar-refractivity contribution in [2.75, 3.05) is 70.0 Å². The van der Waals surface area contributed by atoms with Crippen LogP contribution in [0, 0.1) is 0 Å². The third kappa shape index (κ3) is 4.63. The lowest BCUT2D eigenvalue weighted by atomic mass is 10.1. The van der Waals surface area contributed by atoms with Gasteiger partial charge in [-0.25, -0.2) is 24.7 Å². The first-order valence-electron chi connectivity index (χ1n) is 12.1. The monoisotopic (exact) mass is 518 g/mol. The Balaban J connectivity index is 1.54. The maximum atomic E-state index is 12.8. The molecule has 0 bridgehead atoms. The van der Waals surface area contributed by atoms with Crippen LogP contribution in [-0.4, -0.2) is 94.9 Å². The van der Waals surface area contributed by atoms with Crippen LogP contribution in [0.4, 0.5) is 23.1 Å². The molecule has 1 fully saturated rings. The van der Waals surface area contributed by atoms with Crippen LogP contribution in [0.2, 0.25) is 0 Å². The van der Waals surface area contributed by atoms with Crippen molar-refractivity contribution >= 4 is 40.1 Å². The molecular formula is C25H30N10O3. The van der Waals surface area contributed by atoms with Gasteiger partial charge < -0.3 is 34.5 Å². The number of fused-ring (bicyclic) bond motifs is 1. The van der Waals surface area contributed by atoms with Gasteiger partial charge in [-0.2, -0.15) is 0 Å². The Hall–Kier alpha value is -4.52. The van der Waals surface area contributed by atoms with Crippen LogP contribution < -0.4 is 20.3 Å². The van der Waals surface area contributed by atoms with Gasteiger partial charge in [0.2, 0.25) is 0 Å². The molecule has 0 aliphatic carbocycles. The molecule has 0 aromatic carbocycles. The molecule has 0 spiro atoms. The fraction of sp³-hybridized carbons (Fsp3) is 0.360. The van der Waals surface area contributed by atoms with E-state index in [1.54, 1.807) is 39.1 Å². The number of anilines is 4. The van der Waals surface area contributed by atoms with E-state index >= 15 is 0 Å². The molecule has 0 saturated carbocycles. The number of rotatable bonds is 7. The highest BCUT2D eigenvalue weighted by atomic mass is 16.5. The second-order valence-corrected chi connectivity index (χ2v) is 8.94. The molecule has 4 aromatic heterocycles. The van der Waals surface area contributed by atoms with E-state index < -0.39 is 5.97 Å². The molecule has 13 heteroatoms. The maximum absolute atomic E-state index is 12.8. The van der Waals surface area contributed by atoms with Crippen LogP contribution in [0.1, 0.15) is 10.5 Å². The molecule has 0 atom stereocenters. The highest BCUT2D eigenvalue weighted by molar-refractivity contribution is 5.98. The van der Waals surface area contributed by atoms with Crippen molar-refractivity contribution in [2.24, 2.45) is 7.05 Å². The summed E-state index contributed by atoms with van der Waals surface area (Å²) in [6.07, 6.45) is 6.76. The second-order valence-electron chi connectivity index (χ2n) is 8.94. The number of methoxy groups -OCH3 is 2. The van der Waals surface area contributed by atoms with Gasteiger partial charge in [0.1, 0.15) is 11.2 Å². The van der Waals surface area contributed by atoms with Gasteiger partial charge in [0.25, 0.3) is 0 Å². The number of piperazine rings is 1. The molecule has 5 rings (SSSR count). The van der Waals surface area contributed by atoms with E-state index in [1.807, 2.05) is 17.7 Å². The zero-order valence-corrected chi connectivity index (χ0v) is 22.0. The third-order valence-corrected chi connectivity index (χ3v) is 6.52. The molecule has 38 heavy (non-hydrogen) atoms. The van der Waals surface area contributed by atoms with Crippen LogP contribution in [0.15, 0.2) is 31.0 Å². The predicted octanol–water partition coefficient (Wildman–Crippen LogP) is 2.15. The van der Waals surface area contributed by atoms with Gasteiger partial charge in [-0.1, -0.05) is 0 Å². The molecule has 1 aliphatic rings. The maximum Gasteiger partial charge on any atom is 0.360 e. The van der Waals surface area contributed by atoms with Crippen LogP contribution in [0.5, 0.6) is 5.75 Å². The lowest BCUT2D eigenvalue weighted by molar-refractivity contribution is 0.0595. The van der Waals surface area contributed by atoms with E-state index in [1.165, 1.54) is 7.11 Å². The fourth-order valence-electron chi connectivity index (χ4n) is 4.39. The molecule has 0 radical (unpaired) electrons. The molecule has 0 unspecified atom stereocenters. The Morgan fingerprint density at radius 2 is 1.79 bits per heavy atom. The van der Waals surface area contributed by atoms with Gasteiger partial charge in [0.05, 0.1) is 49.7 Å². The van der Waals surface area contributed by atoms with Crippen molar-refractivity contribution in [2.45, 2.75) is 0 Å². The number of ether oxygens (including phenoxy) is 2. The number of aryl methyl sites for hydroxylation is 1. The number of nitrogens with zero attached hydrogens (tertiary/aromatic N) is 8. The number of imidazole rings is 1. The lowest BCUT2D eigenvalue weighted by Gasteiger charge is -2.33. The average molecular weight is 519 g/mol. The number of likely N-dealkylation sites (N-methyl/N-ethyl adjacent to an activating group) is 1. The first-order valence-corrected chi connectivity index (χ1v) is 12.1. The molecule has 13 nitrogen and oxygen atoms in total. The number of aromatic nitrogens is 6. The van der Waals surface area contributed by atoms with Gasteiger partial charge in [0.15, 0.2) is 28.9 Å². The van der Waals surface area contributed by atoms with Crippen molar-refractivity contribution in [1.82, 2.24) is 34.4 Å². The standard InChI is InChI=1S/C25H30N10O3/c1-26-22-20(16-12-27-13-17-19(16)29-14-34(17)3)31-21(25(36)38-5)23(32-22)30-15-10-18(37-4)24(28-11-15)35-8-6-33(2)7-9-35/h10-14H,6-9H2,1-5H3,(H2,26,30,32). The highest BCUT2D eigenvalue weighted by Gasteiger charge is 2.24. The van der Waals surface area contributed by atoms with Gasteiger partial charge >= 0.3 is 5.97 Å². The first-order chi connectivity index (χ1) is 18.4. The number of hydrogen-bond donors (Lipinski definition) is 2. The predicted molar refractivity (Wildman–Crippen MR) is 144 cm³/mol. The summed E-state index contributed by atoms with van der Waals surface area (Å²) in [7, 11) is 8.63. The van der Waals surface area contributed by atoms with Crippen molar-refractivity contribution in [3.05, 3.63) is 36.7 Å². The van der Waals surface area contributed by atoms with Crippen molar-refractivity contribution < 1.29 is 14.3 Å². The summed E-state index contributed by atoms with van der Waals surface area (Å²) in [6, 6.07) is 1.83. The topological polar surface area (TPSA) is 135 Å². The average Bonchev–Trinajstić information content (AvgIpc) is 3.33. The third-order valence-electron chi connectivity index (χ3n) is 6.52. The summed E-state index contributed by atoms with van der Waals surface area (Å²) >= 11 is 0. The van der Waals surface area contributed by atoms with E-state index in [2.05, 4.69) is 52.4 Å². The van der Waals surface area contributed by atoms with E-state index in [0.29, 0.717) is 34.0 Å². The normalized spacial score (nSPS) is 14.0. The number of pyridine rings is 2. The van der Waals surface area contributed by atoms with Crippen LogP contribution in [0.25, 0.3) is 22.3 Å². The number of carbonyl (C=O) groups is 1. The lowest BCUT2D eigenvalue weighted by Crippen LogP contribution is -2.44. The quantitative estimate of drug-likeness (QED) is 0.347. The Bertz CT molecular complexity index is 1480. The number of carbonyl (C=O) groups excluding carboxylic acids is 1. The summed E-state index contributed by atoms with van der Waals surface area (Å²) in [4.78, 5) is 40.1. The first kappa shape index (κ1) is 25.1. The minimum atomic E-state index is -0.640. The summed E-state index contributed by atoms with van der Waals surface area (Å²) in [5.41, 5.74) is 3.18. The summed E-state index contributed by atoms with van der Waals surface area (Å²) in [5, 5.41) is 6.25. The Morgan fingerprint density at radius 3 is 2.50 bits per heavy atom. The largest absolute Gasteiger partial charge is 0.493 e. The molecule has 1 aliphatic heterocycles. The van der Waals surface area contributed by atoms with Crippen molar-refractivity contribution in [3.63, 3.8) is 0 Å². The molecule has 1 saturated heterocycles. The molecule has 5 heterocycles. The SMILES string of the molecule is CNc1nc(Nc2cnc(N3CCN(C)CC3)c(OC)c2)c(C(=O)OC)nc1-c1cncc2c1ncn2C. The van der Waals surface area contributed by atoms with Gasteiger partial charge in [-0.15, -0.1) is 0 Å². The summed E-state index contributed by atoms with van der Waals surface area (Å²) < 4.78 is 12.6. The Labute approximate surface area is 219 Å². The number of nitrogens with one attached hydrogen (secondary N) is 2. The number of hydrogen-bond acceptors (Lipinski definition) is 12. The van der Waals surface area contributed by atoms with Gasteiger partial charge in [0, 0.05) is 52.5 Å². The van der Waals surface area contributed by atoms with E-state index in [0.717, 1.165) is 37.5 Å². The number of esters is 1. The molecular weight excluding hydrogens is 488 g/mol. The zero-order chi connectivity index (χ0) is 26.8. The molecule has 4 aromatic rings. The van der Waals surface area contributed by atoms with Crippen LogP contribution >= 0.6 is 0 Å². The molecule has 198 valence electrons. The van der Waals surface area contributed by atoms with E-state index in [4.69, 9.17) is 9.47 Å². The zero-order valence-electron chi connectivity index (χ0n) is 22.0.